The topological polar surface area (TPSA) is 71.1 Å². The lowest BCUT2D eigenvalue weighted by Gasteiger charge is -2.54. The predicted octanol–water partition coefficient (Wildman–Crippen LogP) is 9.45. The van der Waals surface area contributed by atoms with Gasteiger partial charge in [-0.05, 0) is 71.5 Å². The number of benzene rings is 1. The second-order valence-corrected chi connectivity index (χ2v) is 19.0. The van der Waals surface area contributed by atoms with Crippen LogP contribution in [0.25, 0.3) is 0 Å². The largest absolute Gasteiger partial charge is 0.500 e. The molecule has 4 atom stereocenters. The molecule has 0 N–H and O–H groups in total. The van der Waals surface area contributed by atoms with Crippen molar-refractivity contribution in [3.63, 3.8) is 0 Å². The quantitative estimate of drug-likeness (QED) is 0.0361. The highest BCUT2D eigenvalue weighted by atomic mass is 32.1. The fourth-order valence-electron chi connectivity index (χ4n) is 7.23. The van der Waals surface area contributed by atoms with Gasteiger partial charge < -0.3 is 18.6 Å². The SMILES string of the molecule is CC[Si](CC)(CC)OC(C)(C)CCC[C@@]1(C)[C@H]2C(=O)C=C(OC)[C@@](CC=C(C)C)(C[C@@H]1OC(=S)Oc1c(F)c(F)c(F)c(F)c1F)C2=O. The van der Waals surface area contributed by atoms with Gasteiger partial charge in [0, 0.05) is 30.1 Å². The van der Waals surface area contributed by atoms with Gasteiger partial charge in [-0.25, -0.2) is 13.2 Å². The van der Waals surface area contributed by atoms with Crippen molar-refractivity contribution in [1.29, 1.82) is 0 Å². The van der Waals surface area contributed by atoms with E-state index in [0.29, 0.717) is 12.8 Å². The number of methoxy groups -OCH3 is 1. The number of halogens is 5. The van der Waals surface area contributed by atoms with Crippen LogP contribution in [-0.2, 0) is 23.5 Å². The summed E-state index contributed by atoms with van der Waals surface area (Å²) in [6, 6.07) is 2.89. The number of allylic oxidation sites excluding steroid dienone is 4. The van der Waals surface area contributed by atoms with E-state index in [0.717, 1.165) is 23.7 Å². The Balaban J connectivity index is 2.05. The number of thiocarbonyl (C=S) groups is 1. The lowest BCUT2D eigenvalue weighted by Crippen LogP contribution is -2.62. The zero-order chi connectivity index (χ0) is 36.4. The minimum atomic E-state index is -2.35. The second-order valence-electron chi connectivity index (χ2n) is 14.0. The third-order valence-electron chi connectivity index (χ3n) is 10.3. The Kier molecular flexibility index (Phi) is 12.5. The first kappa shape index (κ1) is 39.8. The van der Waals surface area contributed by atoms with E-state index in [-0.39, 0.29) is 30.8 Å². The van der Waals surface area contributed by atoms with Crippen LogP contribution in [0.2, 0.25) is 18.1 Å². The molecule has 268 valence electrons. The van der Waals surface area contributed by atoms with Crippen LogP contribution in [0.1, 0.15) is 87.5 Å². The van der Waals surface area contributed by atoms with E-state index >= 15 is 0 Å². The summed E-state index contributed by atoms with van der Waals surface area (Å²) < 4.78 is 93.9. The molecule has 0 amide bonds. The van der Waals surface area contributed by atoms with Crippen LogP contribution in [0, 0.1) is 45.8 Å². The van der Waals surface area contributed by atoms with Crippen LogP contribution < -0.4 is 4.74 Å². The van der Waals surface area contributed by atoms with Crippen molar-refractivity contribution in [2.45, 2.75) is 117 Å². The summed E-state index contributed by atoms with van der Waals surface area (Å²) in [5.41, 5.74) is -2.15. The molecule has 3 rings (SSSR count). The van der Waals surface area contributed by atoms with Gasteiger partial charge in [0.05, 0.1) is 24.0 Å². The van der Waals surface area contributed by atoms with E-state index in [1.807, 2.05) is 33.8 Å². The van der Waals surface area contributed by atoms with E-state index in [4.69, 9.17) is 30.9 Å². The Morgan fingerprint density at radius 2 is 1.54 bits per heavy atom. The average molecular weight is 719 g/mol. The highest BCUT2D eigenvalue weighted by Crippen LogP contribution is 2.58. The summed E-state index contributed by atoms with van der Waals surface area (Å²) in [6.07, 6.45) is 3.60. The van der Waals surface area contributed by atoms with Crippen molar-refractivity contribution < 1.29 is 50.2 Å². The van der Waals surface area contributed by atoms with Gasteiger partial charge in [-0.3, -0.25) is 9.59 Å². The van der Waals surface area contributed by atoms with E-state index < -0.39 is 82.6 Å². The lowest BCUT2D eigenvalue weighted by molar-refractivity contribution is -0.163. The molecule has 0 saturated heterocycles. The van der Waals surface area contributed by atoms with Crippen molar-refractivity contribution in [1.82, 2.24) is 0 Å². The maximum atomic E-state index is 14.5. The predicted molar refractivity (Wildman–Crippen MR) is 178 cm³/mol. The van der Waals surface area contributed by atoms with Crippen molar-refractivity contribution in [3.8, 4) is 5.75 Å². The number of carbonyl (C=O) groups is 2. The molecule has 2 aliphatic carbocycles. The molecular weight excluding hydrogens is 672 g/mol. The van der Waals surface area contributed by atoms with Crippen LogP contribution in [0.4, 0.5) is 22.0 Å². The molecule has 0 aromatic heterocycles. The summed E-state index contributed by atoms with van der Waals surface area (Å²) in [4.78, 5) is 28.1. The van der Waals surface area contributed by atoms with Gasteiger partial charge in [-0.15, -0.1) is 0 Å². The summed E-state index contributed by atoms with van der Waals surface area (Å²) in [6.45, 7) is 15.9. The Morgan fingerprint density at radius 1 is 1.00 bits per heavy atom. The molecular formula is C35H47F5O6SSi. The summed E-state index contributed by atoms with van der Waals surface area (Å²) in [7, 11) is -0.616. The van der Waals surface area contributed by atoms with Gasteiger partial charge in [-0.1, -0.05) is 39.3 Å². The second kappa shape index (κ2) is 15.1. The minimum Gasteiger partial charge on any atom is -0.500 e. The first-order chi connectivity index (χ1) is 22.3. The molecule has 0 radical (unpaired) electrons. The zero-order valence-corrected chi connectivity index (χ0v) is 31.0. The van der Waals surface area contributed by atoms with E-state index in [9.17, 15) is 31.5 Å². The fraction of sp³-hybridized carbons (Fsp3) is 0.629. The van der Waals surface area contributed by atoms with Crippen molar-refractivity contribution in [2.75, 3.05) is 7.11 Å². The monoisotopic (exact) mass is 718 g/mol. The molecule has 13 heteroatoms. The first-order valence-corrected chi connectivity index (χ1v) is 19.3. The van der Waals surface area contributed by atoms with Gasteiger partial charge in [0.15, 0.2) is 19.9 Å². The molecule has 1 saturated carbocycles. The number of Topliss-reactive ketones (excluding diaryl/α,β-unsaturated/α-hetero) is 1. The van der Waals surface area contributed by atoms with Gasteiger partial charge in [-0.2, -0.15) is 8.78 Å². The highest BCUT2D eigenvalue weighted by molar-refractivity contribution is 7.79. The summed E-state index contributed by atoms with van der Waals surface area (Å²) in [5.74, 6) is -14.7. The number of fused-ring (bicyclic) bond motifs is 2. The number of hydrogen-bond donors (Lipinski definition) is 0. The fourth-order valence-corrected chi connectivity index (χ4v) is 10.6. The Labute approximate surface area is 286 Å². The number of rotatable bonds is 14. The standard InChI is InChI=1S/C35H47F5O6SSi/c1-10-48(11-2,12-3)46-33(6,7)15-13-16-34(8)23(44-32(47)45-30-28(39)26(37)25(36)27(38)29(30)40)19-35(17-14-20(4)5)22(43-9)18-21(41)24(34)31(35)42/h14,18,23-24H,10-13,15-17,19H2,1-9H3/t23-,24-,34+,35+/m0/s1. The number of carbonyl (C=O) groups excluding carboxylic acids is 2. The Hall–Kier alpha value is -2.64. The zero-order valence-electron chi connectivity index (χ0n) is 29.2. The molecule has 1 aromatic rings. The lowest BCUT2D eigenvalue weighted by atomic mass is 9.50. The summed E-state index contributed by atoms with van der Waals surface area (Å²) in [5, 5.41) is -0.928. The molecule has 48 heavy (non-hydrogen) atoms. The molecule has 6 nitrogen and oxygen atoms in total. The maximum Gasteiger partial charge on any atom is 0.358 e. The van der Waals surface area contributed by atoms with Crippen molar-refractivity contribution in [2.24, 2.45) is 16.7 Å². The number of ether oxygens (including phenoxy) is 3. The van der Waals surface area contributed by atoms with E-state index in [1.54, 1.807) is 6.92 Å². The Bertz CT molecular complexity index is 1450. The molecule has 0 aliphatic heterocycles. The van der Waals surface area contributed by atoms with Crippen molar-refractivity contribution >= 4 is 37.3 Å². The van der Waals surface area contributed by atoms with Crippen LogP contribution in [0.3, 0.4) is 0 Å². The van der Waals surface area contributed by atoms with Crippen LogP contribution in [-0.4, -0.2) is 43.9 Å². The third-order valence-corrected chi connectivity index (χ3v) is 15.3. The third kappa shape index (κ3) is 7.57. The smallest absolute Gasteiger partial charge is 0.358 e. The van der Waals surface area contributed by atoms with Crippen LogP contribution >= 0.6 is 12.2 Å². The molecule has 1 aromatic carbocycles. The van der Waals surface area contributed by atoms with E-state index in [2.05, 4.69) is 20.8 Å². The van der Waals surface area contributed by atoms with Crippen molar-refractivity contribution in [3.05, 3.63) is 52.6 Å². The van der Waals surface area contributed by atoms with Gasteiger partial charge in [0.1, 0.15) is 11.9 Å². The van der Waals surface area contributed by atoms with Gasteiger partial charge in [0.25, 0.3) is 0 Å². The normalized spacial score (nSPS) is 24.2. The molecule has 1 fully saturated rings. The molecule has 0 heterocycles. The highest BCUT2D eigenvalue weighted by Gasteiger charge is 2.65. The van der Waals surface area contributed by atoms with Crippen LogP contribution in [0.5, 0.6) is 5.75 Å². The maximum absolute atomic E-state index is 14.5. The summed E-state index contributed by atoms with van der Waals surface area (Å²) >= 11 is 5.16. The first-order valence-electron chi connectivity index (χ1n) is 16.4. The van der Waals surface area contributed by atoms with E-state index in [1.165, 1.54) is 13.2 Å². The number of ketones is 2. The average Bonchev–Trinajstić information content (AvgIpc) is 3.03. The Morgan fingerprint density at radius 3 is 2.04 bits per heavy atom. The van der Waals surface area contributed by atoms with Gasteiger partial charge in [0.2, 0.25) is 34.8 Å². The van der Waals surface area contributed by atoms with Crippen LogP contribution in [0.15, 0.2) is 23.5 Å². The molecule has 0 unspecified atom stereocenters. The van der Waals surface area contributed by atoms with Gasteiger partial charge >= 0.3 is 5.24 Å². The molecule has 2 bridgehead atoms. The molecule has 2 aliphatic rings. The minimum absolute atomic E-state index is 0.0619. The molecule has 0 spiro atoms. The number of hydrogen-bond acceptors (Lipinski definition) is 7.